The zero-order valence-corrected chi connectivity index (χ0v) is 34.0. The van der Waals surface area contributed by atoms with Crippen LogP contribution >= 0.6 is 0 Å². The Morgan fingerprint density at radius 1 is 0.862 bits per heavy atom. The molecule has 0 bridgehead atoms. The van der Waals surface area contributed by atoms with Crippen LogP contribution in [0.1, 0.15) is 74.2 Å². The number of rotatable bonds is 15. The number of piperazine rings is 1. The summed E-state index contributed by atoms with van der Waals surface area (Å²) in [5.74, 6) is 0.518. The molecule has 3 aromatic carbocycles. The summed E-state index contributed by atoms with van der Waals surface area (Å²) in [4.78, 5) is 10.0. The van der Waals surface area contributed by atoms with Crippen LogP contribution in [0.15, 0.2) is 110 Å². The molecule has 6 nitrogen and oxygen atoms in total. The summed E-state index contributed by atoms with van der Waals surface area (Å²) in [5, 5.41) is 7.60. The summed E-state index contributed by atoms with van der Waals surface area (Å²) in [6.07, 6.45) is 7.76. The average Bonchev–Trinajstić information content (AvgIpc) is 3.67. The fraction of sp³-hybridized carbons (Fsp3) is 0.327. The molecular formula is C49H55F3N6. The van der Waals surface area contributed by atoms with Crippen molar-refractivity contribution in [3.05, 3.63) is 143 Å². The number of nitrogens with zero attached hydrogens (tertiary/aromatic N) is 5. The maximum atomic E-state index is 13.5. The fourth-order valence-electron chi connectivity index (χ4n) is 8.38. The molecule has 0 radical (unpaired) electrons. The van der Waals surface area contributed by atoms with Crippen molar-refractivity contribution in [3.63, 3.8) is 0 Å². The lowest BCUT2D eigenvalue weighted by molar-refractivity contribution is -0.137. The van der Waals surface area contributed by atoms with Crippen molar-refractivity contribution in [2.24, 2.45) is 0 Å². The maximum absolute atomic E-state index is 13.5. The first-order chi connectivity index (χ1) is 27.8. The predicted molar refractivity (Wildman–Crippen MR) is 237 cm³/mol. The van der Waals surface area contributed by atoms with E-state index in [4.69, 9.17) is 4.98 Å². The Hall–Kier alpha value is -5.38. The molecule has 7 rings (SSSR count). The van der Waals surface area contributed by atoms with E-state index in [2.05, 4.69) is 121 Å². The van der Waals surface area contributed by atoms with Crippen molar-refractivity contribution >= 4 is 52.3 Å². The molecule has 9 heteroatoms. The van der Waals surface area contributed by atoms with Crippen LogP contribution in [0.5, 0.6) is 0 Å². The van der Waals surface area contributed by atoms with Gasteiger partial charge in [-0.2, -0.15) is 13.2 Å². The van der Waals surface area contributed by atoms with Crippen LogP contribution in [-0.4, -0.2) is 56.6 Å². The third kappa shape index (κ3) is 9.01. The van der Waals surface area contributed by atoms with Crippen molar-refractivity contribution in [2.75, 3.05) is 38.0 Å². The first-order valence-corrected chi connectivity index (χ1v) is 20.3. The molecule has 0 spiro atoms. The van der Waals surface area contributed by atoms with E-state index in [-0.39, 0.29) is 6.04 Å². The minimum Gasteiger partial charge on any atom is -0.334 e. The maximum Gasteiger partial charge on any atom is 0.416 e. The van der Waals surface area contributed by atoms with Gasteiger partial charge in [-0.25, -0.2) is 4.98 Å². The van der Waals surface area contributed by atoms with Crippen molar-refractivity contribution in [2.45, 2.75) is 71.1 Å². The minimum absolute atomic E-state index is 0.152. The number of aromatic nitrogens is 3. The van der Waals surface area contributed by atoms with Crippen LogP contribution in [0.2, 0.25) is 0 Å². The van der Waals surface area contributed by atoms with Crippen molar-refractivity contribution in [1.82, 2.24) is 23.9 Å². The molecular weight excluding hydrogens is 730 g/mol. The Bertz CT molecular complexity index is 2520. The highest BCUT2D eigenvalue weighted by molar-refractivity contribution is 5.88. The van der Waals surface area contributed by atoms with Gasteiger partial charge in [0.1, 0.15) is 0 Å². The van der Waals surface area contributed by atoms with Crippen LogP contribution in [-0.2, 0) is 19.1 Å². The normalized spacial score (nSPS) is 15.8. The smallest absolute Gasteiger partial charge is 0.334 e. The SMILES string of the molecule is C=C(C)CCC(C(=C)C)n1c(=C)c2ccc(CCCN3CCN(Cc4ccc5c(c4)nc(NC(=C)c4cccc(C(F)(F)F)c4)n5C4=CCCC=C4)CC3)cc2c1=C. The molecule has 1 saturated heterocycles. The van der Waals surface area contributed by atoms with Crippen LogP contribution in [0.4, 0.5) is 19.1 Å². The van der Waals surface area contributed by atoms with Crippen LogP contribution in [0.25, 0.3) is 46.4 Å². The molecule has 1 unspecified atom stereocenters. The van der Waals surface area contributed by atoms with Crippen molar-refractivity contribution in [3.8, 4) is 0 Å². The third-order valence-corrected chi connectivity index (χ3v) is 11.6. The second-order valence-corrected chi connectivity index (χ2v) is 16.1. The van der Waals surface area contributed by atoms with Gasteiger partial charge >= 0.3 is 6.18 Å². The number of anilines is 1. The molecule has 2 aromatic heterocycles. The van der Waals surface area contributed by atoms with E-state index >= 15 is 0 Å². The number of benzene rings is 3. The molecule has 1 fully saturated rings. The zero-order valence-electron chi connectivity index (χ0n) is 34.0. The number of nitrogens with one attached hydrogen (secondary N) is 1. The molecule has 1 N–H and O–H groups in total. The van der Waals surface area contributed by atoms with Gasteiger partial charge in [-0.05, 0) is 112 Å². The molecule has 302 valence electrons. The minimum atomic E-state index is -4.44. The van der Waals surface area contributed by atoms with Gasteiger partial charge in [-0.1, -0.05) is 79.9 Å². The van der Waals surface area contributed by atoms with Gasteiger partial charge in [-0.3, -0.25) is 9.47 Å². The number of allylic oxidation sites excluding steroid dienone is 6. The monoisotopic (exact) mass is 784 g/mol. The average molecular weight is 785 g/mol. The largest absolute Gasteiger partial charge is 0.416 e. The van der Waals surface area contributed by atoms with E-state index in [1.807, 2.05) is 4.57 Å². The van der Waals surface area contributed by atoms with Gasteiger partial charge in [-0.15, -0.1) is 6.58 Å². The topological polar surface area (TPSA) is 41.3 Å². The van der Waals surface area contributed by atoms with Gasteiger partial charge in [0.05, 0.1) is 22.6 Å². The van der Waals surface area contributed by atoms with Crippen LogP contribution < -0.4 is 16.0 Å². The molecule has 1 atom stereocenters. The number of alkyl halides is 3. The van der Waals surface area contributed by atoms with Gasteiger partial charge in [0, 0.05) is 65.6 Å². The highest BCUT2D eigenvalue weighted by Crippen LogP contribution is 2.33. The summed E-state index contributed by atoms with van der Waals surface area (Å²) in [5.41, 5.74) is 7.49. The van der Waals surface area contributed by atoms with Gasteiger partial charge in [0.15, 0.2) is 0 Å². The van der Waals surface area contributed by atoms with Crippen molar-refractivity contribution < 1.29 is 13.2 Å². The molecule has 1 aliphatic heterocycles. The molecule has 5 aromatic rings. The second-order valence-electron chi connectivity index (χ2n) is 16.1. The number of hydrogen-bond donors (Lipinski definition) is 1. The van der Waals surface area contributed by atoms with E-state index in [9.17, 15) is 13.2 Å². The summed E-state index contributed by atoms with van der Waals surface area (Å²) in [6.45, 7) is 31.5. The predicted octanol–water partition coefficient (Wildman–Crippen LogP) is 10.3. The summed E-state index contributed by atoms with van der Waals surface area (Å²) < 4.78 is 44.7. The highest BCUT2D eigenvalue weighted by atomic mass is 19.4. The first-order valence-electron chi connectivity index (χ1n) is 20.3. The number of aryl methyl sites for hydroxylation is 1. The Kier molecular flexibility index (Phi) is 12.1. The summed E-state index contributed by atoms with van der Waals surface area (Å²) >= 11 is 0. The molecule has 58 heavy (non-hydrogen) atoms. The van der Waals surface area contributed by atoms with Crippen molar-refractivity contribution in [1.29, 1.82) is 0 Å². The lowest BCUT2D eigenvalue weighted by Gasteiger charge is -2.34. The van der Waals surface area contributed by atoms with E-state index in [0.717, 1.165) is 128 Å². The zero-order chi connectivity index (χ0) is 41.1. The van der Waals surface area contributed by atoms with Gasteiger partial charge in [0.2, 0.25) is 5.95 Å². The van der Waals surface area contributed by atoms with Gasteiger partial charge < -0.3 is 14.8 Å². The first kappa shape index (κ1) is 40.8. The number of halogens is 3. The number of hydrogen-bond acceptors (Lipinski definition) is 4. The fourth-order valence-corrected chi connectivity index (χ4v) is 8.38. The van der Waals surface area contributed by atoms with E-state index in [1.165, 1.54) is 28.2 Å². The van der Waals surface area contributed by atoms with Crippen LogP contribution in [0.3, 0.4) is 0 Å². The van der Waals surface area contributed by atoms with Gasteiger partial charge in [0.25, 0.3) is 0 Å². The quantitative estimate of drug-likeness (QED) is 0.107. The molecule has 0 saturated carbocycles. The Morgan fingerprint density at radius 3 is 2.31 bits per heavy atom. The third-order valence-electron chi connectivity index (χ3n) is 11.6. The van der Waals surface area contributed by atoms with Crippen LogP contribution in [0, 0.1) is 0 Å². The lowest BCUT2D eigenvalue weighted by Crippen LogP contribution is -2.46. The highest BCUT2D eigenvalue weighted by Gasteiger charge is 2.30. The standard InChI is InChI=1S/C49H55F3N6/c1-33(2)18-22-46(34(3)4)57-36(6)43-21-19-38(29-44(43)37(57)7)13-12-24-55-25-27-56(28-26-55)32-39-20-23-47-45(30-39)54-48(58(47)42-16-9-8-10-17-42)53-35(5)40-14-11-15-41(31-40)49(50,51)52/h9,11,14-17,19-21,23,29-31,46H,1,3,5-8,10,12-13,18,22,24-28,32H2,2,4H3,(H,53,54). The Balaban J connectivity index is 0.969. The van der Waals surface area contributed by atoms with E-state index < -0.39 is 11.7 Å². The summed E-state index contributed by atoms with van der Waals surface area (Å²) in [7, 11) is 0. The Labute approximate surface area is 340 Å². The Morgan fingerprint density at radius 2 is 1.60 bits per heavy atom. The summed E-state index contributed by atoms with van der Waals surface area (Å²) in [6, 6.07) is 18.5. The molecule has 3 heterocycles. The van der Waals surface area contributed by atoms with E-state index in [1.54, 1.807) is 6.07 Å². The number of fused-ring (bicyclic) bond motifs is 2. The molecule has 1 aliphatic carbocycles. The van der Waals surface area contributed by atoms with E-state index in [0.29, 0.717) is 17.2 Å². The molecule has 2 aliphatic rings. The molecule has 0 amide bonds. The second kappa shape index (κ2) is 17.2. The lowest BCUT2D eigenvalue weighted by atomic mass is 10.0. The number of imidazole rings is 1.